The van der Waals surface area contributed by atoms with E-state index < -0.39 is 0 Å². The van der Waals surface area contributed by atoms with Crippen LogP contribution < -0.4 is 0 Å². The van der Waals surface area contributed by atoms with E-state index in [1.54, 1.807) is 6.26 Å². The highest BCUT2D eigenvalue weighted by Gasteiger charge is 2.25. The summed E-state index contributed by atoms with van der Waals surface area (Å²) >= 11 is 0. The molecule has 0 aliphatic carbocycles. The van der Waals surface area contributed by atoms with E-state index in [1.807, 2.05) is 18.2 Å². The quantitative estimate of drug-likeness (QED) is 0.776. The lowest BCUT2D eigenvalue weighted by Crippen LogP contribution is -2.37. The minimum atomic E-state index is 0.322. The molecule has 0 bridgehead atoms. The highest BCUT2D eigenvalue weighted by atomic mass is 16.5. The summed E-state index contributed by atoms with van der Waals surface area (Å²) in [7, 11) is 0. The molecule has 0 spiro atoms. The van der Waals surface area contributed by atoms with Crippen LogP contribution in [0.15, 0.2) is 33.4 Å². The zero-order chi connectivity index (χ0) is 16.2. The van der Waals surface area contributed by atoms with Crippen molar-refractivity contribution in [1.29, 1.82) is 0 Å². The zero-order valence-electron chi connectivity index (χ0n) is 13.9. The van der Waals surface area contributed by atoms with Crippen LogP contribution in [0.5, 0.6) is 0 Å². The molecule has 4 rings (SSSR count). The number of furan rings is 1. The van der Waals surface area contributed by atoms with Crippen LogP contribution in [0.1, 0.15) is 31.4 Å². The summed E-state index contributed by atoms with van der Waals surface area (Å²) in [6, 6.07) is 5.68. The molecule has 0 radical (unpaired) electrons. The lowest BCUT2D eigenvalue weighted by molar-refractivity contribution is 0.0338. The lowest BCUT2D eigenvalue weighted by Gasteiger charge is -2.26. The zero-order valence-corrected chi connectivity index (χ0v) is 13.9. The minimum Gasteiger partial charge on any atom is -0.461 e. The van der Waals surface area contributed by atoms with Gasteiger partial charge in [-0.2, -0.15) is 0 Å². The van der Waals surface area contributed by atoms with Gasteiger partial charge in [0.05, 0.1) is 24.2 Å². The summed E-state index contributed by atoms with van der Waals surface area (Å²) < 4.78 is 22.4. The van der Waals surface area contributed by atoms with Crippen molar-refractivity contribution in [3.63, 3.8) is 0 Å². The largest absolute Gasteiger partial charge is 0.461 e. The van der Waals surface area contributed by atoms with E-state index in [9.17, 15) is 0 Å². The highest BCUT2D eigenvalue weighted by Crippen LogP contribution is 2.23. The number of hydrogen-bond donors (Lipinski definition) is 0. The molecule has 0 unspecified atom stereocenters. The van der Waals surface area contributed by atoms with Crippen LogP contribution in [-0.4, -0.2) is 48.6 Å². The van der Waals surface area contributed by atoms with Gasteiger partial charge in [-0.1, -0.05) is 5.16 Å². The Bertz CT molecular complexity index is 595. The van der Waals surface area contributed by atoms with Gasteiger partial charge in [0, 0.05) is 38.9 Å². The topological polar surface area (TPSA) is 60.9 Å². The molecule has 6 nitrogen and oxygen atoms in total. The van der Waals surface area contributed by atoms with Gasteiger partial charge in [0.2, 0.25) is 5.76 Å². The van der Waals surface area contributed by atoms with Crippen LogP contribution >= 0.6 is 0 Å². The molecule has 0 amide bonds. The van der Waals surface area contributed by atoms with E-state index in [0.29, 0.717) is 23.7 Å². The maximum Gasteiger partial charge on any atom is 0.202 e. The van der Waals surface area contributed by atoms with Crippen molar-refractivity contribution in [3.8, 4) is 11.5 Å². The molecule has 2 fully saturated rings. The second-order valence-corrected chi connectivity index (χ2v) is 6.62. The molecule has 0 saturated carbocycles. The number of ether oxygens (including phenoxy) is 2. The fourth-order valence-electron chi connectivity index (χ4n) is 3.51. The van der Waals surface area contributed by atoms with Gasteiger partial charge in [-0.05, 0) is 37.8 Å². The summed E-state index contributed by atoms with van der Waals surface area (Å²) in [6.07, 6.45) is 6.87. The normalized spacial score (nSPS) is 24.2. The fraction of sp³-hybridized carbons (Fsp3) is 0.611. The second kappa shape index (κ2) is 7.51. The van der Waals surface area contributed by atoms with Gasteiger partial charge in [-0.15, -0.1) is 0 Å². The minimum absolute atomic E-state index is 0.322. The van der Waals surface area contributed by atoms with Crippen LogP contribution in [0.4, 0.5) is 0 Å². The standard InChI is InChI=1S/C18H24N2O4/c1-4-15(21-7-1)12-20(13-16-5-2-8-22-16)11-14-10-18(24-19-14)17-6-3-9-23-17/h3,6,9-10,15-16H,1-2,4-5,7-8,11-13H2/t15-,16-/m0/s1. The highest BCUT2D eigenvalue weighted by molar-refractivity contribution is 5.49. The third kappa shape index (κ3) is 3.88. The molecule has 2 saturated heterocycles. The molecule has 2 aliphatic rings. The molecular formula is C18H24N2O4. The summed E-state index contributed by atoms with van der Waals surface area (Å²) in [6.45, 7) is 4.34. The maximum absolute atomic E-state index is 5.81. The Morgan fingerprint density at radius 2 is 1.79 bits per heavy atom. The molecule has 24 heavy (non-hydrogen) atoms. The predicted molar refractivity (Wildman–Crippen MR) is 87.4 cm³/mol. The molecule has 2 aliphatic heterocycles. The van der Waals surface area contributed by atoms with Crippen LogP contribution in [0.2, 0.25) is 0 Å². The van der Waals surface area contributed by atoms with Gasteiger partial charge in [0.15, 0.2) is 5.76 Å². The Morgan fingerprint density at radius 1 is 1.04 bits per heavy atom. The predicted octanol–water partition coefficient (Wildman–Crippen LogP) is 3.09. The Hall–Kier alpha value is -1.63. The van der Waals surface area contributed by atoms with Crippen molar-refractivity contribution >= 4 is 0 Å². The first kappa shape index (κ1) is 15.9. The monoisotopic (exact) mass is 332 g/mol. The van der Waals surface area contributed by atoms with E-state index in [1.165, 1.54) is 0 Å². The van der Waals surface area contributed by atoms with Crippen molar-refractivity contribution in [2.24, 2.45) is 0 Å². The Labute approximate surface area is 141 Å². The number of hydrogen-bond acceptors (Lipinski definition) is 6. The van der Waals surface area contributed by atoms with Crippen molar-refractivity contribution in [3.05, 3.63) is 30.2 Å². The number of aromatic nitrogens is 1. The van der Waals surface area contributed by atoms with E-state index in [0.717, 1.165) is 64.2 Å². The molecular weight excluding hydrogens is 308 g/mol. The van der Waals surface area contributed by atoms with Crippen molar-refractivity contribution in [2.45, 2.75) is 44.4 Å². The van der Waals surface area contributed by atoms with Crippen LogP contribution in [0.3, 0.4) is 0 Å². The van der Waals surface area contributed by atoms with Crippen LogP contribution in [0, 0.1) is 0 Å². The van der Waals surface area contributed by atoms with Gasteiger partial charge in [0.25, 0.3) is 0 Å². The summed E-state index contributed by atoms with van der Waals surface area (Å²) in [5.41, 5.74) is 0.914. The molecule has 2 aromatic heterocycles. The van der Waals surface area contributed by atoms with Gasteiger partial charge < -0.3 is 18.4 Å². The van der Waals surface area contributed by atoms with Gasteiger partial charge in [-0.25, -0.2) is 0 Å². The molecule has 4 heterocycles. The molecule has 130 valence electrons. The molecule has 0 aromatic carbocycles. The molecule has 2 atom stereocenters. The Kier molecular flexibility index (Phi) is 4.96. The molecule has 0 N–H and O–H groups in total. The van der Waals surface area contributed by atoms with Crippen molar-refractivity contribution in [1.82, 2.24) is 10.1 Å². The summed E-state index contributed by atoms with van der Waals surface area (Å²) in [5, 5.41) is 4.20. The third-order valence-electron chi connectivity index (χ3n) is 4.68. The fourth-order valence-corrected chi connectivity index (χ4v) is 3.51. The molecule has 6 heteroatoms. The van der Waals surface area contributed by atoms with Crippen LogP contribution in [0.25, 0.3) is 11.5 Å². The Morgan fingerprint density at radius 3 is 2.38 bits per heavy atom. The summed E-state index contributed by atoms with van der Waals surface area (Å²) in [4.78, 5) is 2.38. The first-order chi connectivity index (χ1) is 11.9. The van der Waals surface area contributed by atoms with E-state index in [2.05, 4.69) is 10.1 Å². The maximum atomic E-state index is 5.81. The first-order valence-corrected chi connectivity index (χ1v) is 8.82. The second-order valence-electron chi connectivity index (χ2n) is 6.62. The van der Waals surface area contributed by atoms with Gasteiger partial charge in [-0.3, -0.25) is 4.90 Å². The van der Waals surface area contributed by atoms with Gasteiger partial charge in [0.1, 0.15) is 0 Å². The average molecular weight is 332 g/mol. The average Bonchev–Trinajstić information content (AvgIpc) is 3.37. The van der Waals surface area contributed by atoms with E-state index >= 15 is 0 Å². The summed E-state index contributed by atoms with van der Waals surface area (Å²) in [5.74, 6) is 1.38. The van der Waals surface area contributed by atoms with E-state index in [-0.39, 0.29) is 0 Å². The first-order valence-electron chi connectivity index (χ1n) is 8.82. The van der Waals surface area contributed by atoms with Crippen LogP contribution in [-0.2, 0) is 16.0 Å². The Balaban J connectivity index is 1.41. The van der Waals surface area contributed by atoms with Crippen molar-refractivity contribution < 1.29 is 18.4 Å². The molecule has 2 aromatic rings. The smallest absolute Gasteiger partial charge is 0.202 e. The van der Waals surface area contributed by atoms with Crippen molar-refractivity contribution in [2.75, 3.05) is 26.3 Å². The van der Waals surface area contributed by atoms with E-state index in [4.69, 9.17) is 18.4 Å². The van der Waals surface area contributed by atoms with Gasteiger partial charge >= 0.3 is 0 Å². The SMILES string of the molecule is c1coc(-c2cc(CN(C[C@@H]3CCCO3)C[C@@H]3CCCO3)no2)c1. The number of nitrogens with zero attached hydrogens (tertiary/aromatic N) is 2. The lowest BCUT2D eigenvalue weighted by atomic mass is 10.2. The number of rotatable bonds is 7. The third-order valence-corrected chi connectivity index (χ3v) is 4.68.